The van der Waals surface area contributed by atoms with E-state index in [0.29, 0.717) is 5.01 Å². The van der Waals surface area contributed by atoms with Crippen molar-refractivity contribution in [3.63, 3.8) is 0 Å². The van der Waals surface area contributed by atoms with Crippen LogP contribution in [0.2, 0.25) is 0 Å². The zero-order chi connectivity index (χ0) is 19.1. The summed E-state index contributed by atoms with van der Waals surface area (Å²) >= 11 is 0.966. The summed E-state index contributed by atoms with van der Waals surface area (Å²) in [5, 5.41) is 39.8. The van der Waals surface area contributed by atoms with E-state index >= 15 is 0 Å². The van der Waals surface area contributed by atoms with Crippen molar-refractivity contribution in [2.75, 3.05) is 6.61 Å². The van der Waals surface area contributed by atoms with E-state index in [1.54, 1.807) is 0 Å². The maximum Gasteiger partial charge on any atom is 0.328 e. The van der Waals surface area contributed by atoms with Crippen LogP contribution in [0.1, 0.15) is 35.4 Å². The molecule has 2 unspecified atom stereocenters. The molecule has 0 radical (unpaired) electrons. The number of carbonyl (C=O) groups excluding carboxylic acids is 2. The van der Waals surface area contributed by atoms with Crippen molar-refractivity contribution in [1.29, 1.82) is 0 Å². The van der Waals surface area contributed by atoms with Crippen LogP contribution in [0.4, 0.5) is 4.79 Å². The lowest BCUT2D eigenvalue weighted by Crippen LogP contribution is -2.51. The predicted octanol–water partition coefficient (Wildman–Crippen LogP) is -2.42. The van der Waals surface area contributed by atoms with E-state index in [2.05, 4.69) is 20.8 Å². The van der Waals surface area contributed by atoms with Gasteiger partial charge in [0.1, 0.15) is 10.0 Å². The molecular formula is C12H20N6O6S. The Morgan fingerprint density at radius 3 is 2.32 bits per heavy atom. The van der Waals surface area contributed by atoms with Gasteiger partial charge in [0.25, 0.3) is 0 Å². The number of aliphatic carboxylic acids is 1. The van der Waals surface area contributed by atoms with Gasteiger partial charge in [0.05, 0.1) is 31.2 Å². The van der Waals surface area contributed by atoms with Gasteiger partial charge >= 0.3 is 12.0 Å². The highest BCUT2D eigenvalue weighted by Gasteiger charge is 2.28. The molecule has 0 saturated carbocycles. The van der Waals surface area contributed by atoms with Crippen LogP contribution in [0, 0.1) is 0 Å². The molecule has 0 aliphatic carbocycles. The second-order valence-corrected chi connectivity index (χ2v) is 6.21. The minimum absolute atomic E-state index is 0.205. The van der Waals surface area contributed by atoms with Gasteiger partial charge in [0, 0.05) is 0 Å². The van der Waals surface area contributed by atoms with Crippen LogP contribution in [0.5, 0.6) is 0 Å². The van der Waals surface area contributed by atoms with Crippen LogP contribution in [0.25, 0.3) is 0 Å². The van der Waals surface area contributed by atoms with Gasteiger partial charge in [0.15, 0.2) is 6.04 Å². The van der Waals surface area contributed by atoms with Crippen LogP contribution in [-0.4, -0.2) is 62.2 Å². The average Bonchev–Trinajstić information content (AvgIpc) is 3.00. The fraction of sp³-hybridized carbons (Fsp3) is 0.583. The first kappa shape index (κ1) is 20.7. The highest BCUT2D eigenvalue weighted by atomic mass is 32.1. The van der Waals surface area contributed by atoms with E-state index in [-0.39, 0.29) is 18.0 Å². The summed E-state index contributed by atoms with van der Waals surface area (Å²) in [6.45, 7) is 0.838. The fourth-order valence-electron chi connectivity index (χ4n) is 1.75. The van der Waals surface area contributed by atoms with Gasteiger partial charge in [-0.3, -0.25) is 4.79 Å². The van der Waals surface area contributed by atoms with Crippen LogP contribution in [0.3, 0.4) is 0 Å². The zero-order valence-electron chi connectivity index (χ0n) is 13.2. The third-order valence-electron chi connectivity index (χ3n) is 3.01. The number of urea groups is 1. The van der Waals surface area contributed by atoms with Crippen molar-refractivity contribution in [2.24, 2.45) is 11.5 Å². The first-order chi connectivity index (χ1) is 11.6. The molecular weight excluding hydrogens is 356 g/mol. The van der Waals surface area contributed by atoms with E-state index in [4.69, 9.17) is 21.7 Å². The fourth-order valence-corrected chi connectivity index (χ4v) is 2.63. The van der Waals surface area contributed by atoms with Crippen molar-refractivity contribution >= 4 is 29.2 Å². The molecule has 9 N–H and O–H groups in total. The number of aliphatic hydroxyl groups is 2. The van der Waals surface area contributed by atoms with Gasteiger partial charge in [0.2, 0.25) is 5.91 Å². The Morgan fingerprint density at radius 1 is 1.24 bits per heavy atom. The molecule has 1 aromatic rings. The second kappa shape index (κ2) is 9.22. The number of nitrogens with one attached hydrogen (secondary N) is 2. The summed E-state index contributed by atoms with van der Waals surface area (Å²) in [4.78, 5) is 34.2. The summed E-state index contributed by atoms with van der Waals surface area (Å²) < 4.78 is 0. The Balaban J connectivity index is 2.89. The number of carbonyl (C=O) groups is 3. The number of hydrogen-bond donors (Lipinski definition) is 7. The average molecular weight is 376 g/mol. The van der Waals surface area contributed by atoms with E-state index in [1.807, 2.05) is 0 Å². The van der Waals surface area contributed by atoms with Crippen LogP contribution < -0.4 is 22.1 Å². The van der Waals surface area contributed by atoms with Crippen molar-refractivity contribution in [3.8, 4) is 0 Å². The SMILES string of the molecule is CC(O)[C@H](NC(=O)NC(CC(N)=O)c1nnc([C@@H](N)CO)s1)C(=O)O. The molecule has 12 nitrogen and oxygen atoms in total. The maximum absolute atomic E-state index is 12.0. The molecule has 1 heterocycles. The lowest BCUT2D eigenvalue weighted by Gasteiger charge is -2.20. The van der Waals surface area contributed by atoms with E-state index < -0.39 is 42.1 Å². The summed E-state index contributed by atoms with van der Waals surface area (Å²) in [5.74, 6) is -2.16. The first-order valence-electron chi connectivity index (χ1n) is 7.11. The Kier molecular flexibility index (Phi) is 7.63. The van der Waals surface area contributed by atoms with Gasteiger partial charge in [-0.2, -0.15) is 0 Å². The van der Waals surface area contributed by atoms with Crippen molar-refractivity contribution in [1.82, 2.24) is 20.8 Å². The molecule has 0 aromatic carbocycles. The minimum atomic E-state index is -1.54. The van der Waals surface area contributed by atoms with Crippen molar-refractivity contribution < 1.29 is 29.7 Å². The quantitative estimate of drug-likeness (QED) is 0.244. The Bertz CT molecular complexity index is 623. The highest BCUT2D eigenvalue weighted by molar-refractivity contribution is 7.11. The monoisotopic (exact) mass is 376 g/mol. The molecule has 1 aromatic heterocycles. The standard InChI is InChI=1S/C12H20N6O6S/c1-4(20)8(11(22)23)16-12(24)15-6(2-7(14)21)10-18-17-9(25-10)5(13)3-19/h4-6,8,19-20H,2-3,13H2,1H3,(H2,14,21)(H,22,23)(H2,15,16,24)/t4?,5-,6?,8-/m0/s1. The van der Waals surface area contributed by atoms with Gasteiger partial charge in [-0.15, -0.1) is 10.2 Å². The third-order valence-corrected chi connectivity index (χ3v) is 4.18. The molecule has 25 heavy (non-hydrogen) atoms. The number of hydrogen-bond acceptors (Lipinski definition) is 9. The lowest BCUT2D eigenvalue weighted by molar-refractivity contribution is -0.141. The Morgan fingerprint density at radius 2 is 1.84 bits per heavy atom. The highest BCUT2D eigenvalue weighted by Crippen LogP contribution is 2.23. The Hall–Kier alpha value is -2.35. The molecule has 13 heteroatoms. The summed E-state index contributed by atoms with van der Waals surface area (Å²) in [6, 6.07) is -4.22. The van der Waals surface area contributed by atoms with Gasteiger partial charge < -0.3 is 37.4 Å². The van der Waals surface area contributed by atoms with Crippen molar-refractivity contribution in [3.05, 3.63) is 10.0 Å². The third kappa shape index (κ3) is 6.22. The summed E-state index contributed by atoms with van der Waals surface area (Å²) in [5.41, 5.74) is 10.8. The maximum atomic E-state index is 12.0. The molecule has 0 fully saturated rings. The molecule has 0 aliphatic heterocycles. The van der Waals surface area contributed by atoms with E-state index in [9.17, 15) is 19.5 Å². The number of nitrogens with zero attached hydrogens (tertiary/aromatic N) is 2. The first-order valence-corrected chi connectivity index (χ1v) is 7.93. The minimum Gasteiger partial charge on any atom is -0.480 e. The molecule has 0 saturated heterocycles. The topological polar surface area (TPSA) is 214 Å². The number of carboxylic acids is 1. The molecule has 3 amide bonds. The Labute approximate surface area is 146 Å². The molecule has 4 atom stereocenters. The molecule has 0 bridgehead atoms. The predicted molar refractivity (Wildman–Crippen MR) is 85.2 cm³/mol. The van der Waals surface area contributed by atoms with Crippen LogP contribution in [0.15, 0.2) is 0 Å². The van der Waals surface area contributed by atoms with E-state index in [1.165, 1.54) is 6.92 Å². The zero-order valence-corrected chi connectivity index (χ0v) is 14.1. The normalized spacial score (nSPS) is 15.7. The number of amides is 3. The van der Waals surface area contributed by atoms with Crippen LogP contribution in [-0.2, 0) is 9.59 Å². The van der Waals surface area contributed by atoms with Crippen molar-refractivity contribution in [2.45, 2.75) is 37.6 Å². The summed E-state index contributed by atoms with van der Waals surface area (Å²) in [6.07, 6.45) is -1.66. The molecule has 0 aliphatic rings. The van der Waals surface area contributed by atoms with Gasteiger partial charge in [-0.05, 0) is 6.92 Å². The lowest BCUT2D eigenvalue weighted by atomic mass is 10.2. The number of nitrogens with two attached hydrogens (primary N) is 2. The number of primary amides is 1. The number of aromatic nitrogens is 2. The number of carboxylic acid groups (broad SMARTS) is 1. The number of aliphatic hydroxyl groups excluding tert-OH is 2. The smallest absolute Gasteiger partial charge is 0.328 e. The molecule has 0 spiro atoms. The van der Waals surface area contributed by atoms with Crippen LogP contribution >= 0.6 is 11.3 Å². The van der Waals surface area contributed by atoms with Gasteiger partial charge in [-0.25, -0.2) is 9.59 Å². The molecule has 140 valence electrons. The number of rotatable bonds is 9. The van der Waals surface area contributed by atoms with Gasteiger partial charge in [-0.1, -0.05) is 11.3 Å². The summed E-state index contributed by atoms with van der Waals surface area (Å²) in [7, 11) is 0. The second-order valence-electron chi connectivity index (χ2n) is 5.16. The largest absolute Gasteiger partial charge is 0.480 e. The van der Waals surface area contributed by atoms with E-state index in [0.717, 1.165) is 11.3 Å². The molecule has 1 rings (SSSR count).